The zero-order valence-corrected chi connectivity index (χ0v) is 18.0. The van der Waals surface area contributed by atoms with Crippen LogP contribution in [-0.4, -0.2) is 74.2 Å². The number of amides is 1. The van der Waals surface area contributed by atoms with E-state index in [1.165, 1.54) is 10.4 Å². The molecule has 1 heterocycles. The van der Waals surface area contributed by atoms with Crippen molar-refractivity contribution >= 4 is 15.9 Å². The van der Waals surface area contributed by atoms with E-state index in [0.717, 1.165) is 26.1 Å². The van der Waals surface area contributed by atoms with Crippen LogP contribution in [0.1, 0.15) is 44.5 Å². The van der Waals surface area contributed by atoms with Crippen LogP contribution in [-0.2, 0) is 10.0 Å². The minimum Gasteiger partial charge on any atom is -0.336 e. The SMILES string of the molecule is CC(C)CCN1CCN(C(=O)c2cccc(S(=O)(=O)N(C)C(C)C)c2)CC1. The Balaban J connectivity index is 2.06. The average molecular weight is 396 g/mol. The summed E-state index contributed by atoms with van der Waals surface area (Å²) in [6, 6.07) is 6.25. The van der Waals surface area contributed by atoms with Crippen molar-refractivity contribution in [2.24, 2.45) is 5.92 Å². The van der Waals surface area contributed by atoms with Crippen molar-refractivity contribution in [3.05, 3.63) is 29.8 Å². The predicted molar refractivity (Wildman–Crippen MR) is 108 cm³/mol. The van der Waals surface area contributed by atoms with Crippen molar-refractivity contribution in [1.82, 2.24) is 14.1 Å². The van der Waals surface area contributed by atoms with E-state index in [4.69, 9.17) is 0 Å². The third kappa shape index (κ3) is 5.53. The smallest absolute Gasteiger partial charge is 0.253 e. The molecule has 1 fully saturated rings. The first kappa shape index (κ1) is 21.9. The van der Waals surface area contributed by atoms with Crippen molar-refractivity contribution in [3.63, 3.8) is 0 Å². The topological polar surface area (TPSA) is 60.9 Å². The maximum Gasteiger partial charge on any atom is 0.253 e. The van der Waals surface area contributed by atoms with Crippen LogP contribution in [0.4, 0.5) is 0 Å². The first-order valence-corrected chi connectivity index (χ1v) is 11.2. The quantitative estimate of drug-likeness (QED) is 0.712. The highest BCUT2D eigenvalue weighted by molar-refractivity contribution is 7.89. The van der Waals surface area contributed by atoms with Gasteiger partial charge in [0.05, 0.1) is 4.90 Å². The number of rotatable bonds is 7. The summed E-state index contributed by atoms with van der Waals surface area (Å²) < 4.78 is 26.7. The minimum atomic E-state index is -3.59. The van der Waals surface area contributed by atoms with E-state index < -0.39 is 10.0 Å². The van der Waals surface area contributed by atoms with Gasteiger partial charge in [-0.1, -0.05) is 19.9 Å². The lowest BCUT2D eigenvalue weighted by Crippen LogP contribution is -2.49. The van der Waals surface area contributed by atoms with Gasteiger partial charge >= 0.3 is 0 Å². The Hall–Kier alpha value is -1.44. The molecule has 27 heavy (non-hydrogen) atoms. The van der Waals surface area contributed by atoms with E-state index in [1.807, 2.05) is 18.7 Å². The zero-order chi connectivity index (χ0) is 20.2. The van der Waals surface area contributed by atoms with Crippen molar-refractivity contribution in [1.29, 1.82) is 0 Å². The van der Waals surface area contributed by atoms with E-state index >= 15 is 0 Å². The predicted octanol–water partition coefficient (Wildman–Crippen LogP) is 2.52. The van der Waals surface area contributed by atoms with Gasteiger partial charge in [0.25, 0.3) is 5.91 Å². The van der Waals surface area contributed by atoms with Gasteiger partial charge in [0.2, 0.25) is 10.0 Å². The Bertz CT molecular complexity index is 739. The summed E-state index contributed by atoms with van der Waals surface area (Å²) >= 11 is 0. The van der Waals surface area contributed by atoms with Gasteiger partial charge in [-0.15, -0.1) is 0 Å². The van der Waals surface area contributed by atoms with Crippen molar-refractivity contribution in [3.8, 4) is 0 Å². The fraction of sp³-hybridized carbons (Fsp3) is 0.650. The first-order valence-electron chi connectivity index (χ1n) is 9.72. The second-order valence-electron chi connectivity index (χ2n) is 7.96. The standard InChI is InChI=1S/C20H33N3O3S/c1-16(2)9-10-22-11-13-23(14-12-22)20(24)18-7-6-8-19(15-18)27(25,26)21(5)17(3)4/h6-8,15-17H,9-14H2,1-5H3. The highest BCUT2D eigenvalue weighted by Gasteiger charge is 2.26. The molecule has 0 N–H and O–H groups in total. The molecule has 0 aromatic heterocycles. The summed E-state index contributed by atoms with van der Waals surface area (Å²) in [7, 11) is -2.03. The van der Waals surface area contributed by atoms with Crippen LogP contribution in [0, 0.1) is 5.92 Å². The molecular formula is C20H33N3O3S. The zero-order valence-electron chi connectivity index (χ0n) is 17.2. The summed E-state index contributed by atoms with van der Waals surface area (Å²) in [6.07, 6.45) is 1.16. The summed E-state index contributed by atoms with van der Waals surface area (Å²) in [4.78, 5) is 17.2. The van der Waals surface area contributed by atoms with Gasteiger partial charge in [-0.3, -0.25) is 9.69 Å². The number of carbonyl (C=O) groups excluding carboxylic acids is 1. The Morgan fingerprint density at radius 1 is 1.11 bits per heavy atom. The van der Waals surface area contributed by atoms with Gasteiger partial charge in [0, 0.05) is 44.8 Å². The summed E-state index contributed by atoms with van der Waals surface area (Å²) in [5.41, 5.74) is 0.434. The molecular weight excluding hydrogens is 362 g/mol. The molecule has 0 bridgehead atoms. The molecule has 1 aromatic carbocycles. The minimum absolute atomic E-state index is 0.0947. The number of benzene rings is 1. The lowest BCUT2D eigenvalue weighted by molar-refractivity contribution is 0.0631. The lowest BCUT2D eigenvalue weighted by atomic mass is 10.1. The molecule has 0 radical (unpaired) electrons. The van der Waals surface area contributed by atoms with Gasteiger partial charge in [-0.2, -0.15) is 4.31 Å². The maximum absolute atomic E-state index is 12.9. The normalized spacial score (nSPS) is 16.5. The Morgan fingerprint density at radius 3 is 2.30 bits per heavy atom. The van der Waals surface area contributed by atoms with Gasteiger partial charge in [0.15, 0.2) is 0 Å². The Morgan fingerprint density at radius 2 is 1.74 bits per heavy atom. The van der Waals surface area contributed by atoms with Crippen LogP contribution in [0.2, 0.25) is 0 Å². The average Bonchev–Trinajstić information content (AvgIpc) is 2.65. The van der Waals surface area contributed by atoms with Crippen molar-refractivity contribution in [2.45, 2.75) is 45.1 Å². The number of carbonyl (C=O) groups is 1. The van der Waals surface area contributed by atoms with E-state index in [-0.39, 0.29) is 16.8 Å². The van der Waals surface area contributed by atoms with E-state index in [9.17, 15) is 13.2 Å². The molecule has 6 nitrogen and oxygen atoms in total. The second-order valence-corrected chi connectivity index (χ2v) is 9.96. The fourth-order valence-electron chi connectivity index (χ4n) is 3.03. The molecule has 1 aliphatic rings. The third-order valence-electron chi connectivity index (χ3n) is 5.17. The summed E-state index contributed by atoms with van der Waals surface area (Å²) in [5.74, 6) is 0.584. The van der Waals surface area contributed by atoms with Crippen LogP contribution >= 0.6 is 0 Å². The van der Waals surface area contributed by atoms with E-state index in [1.54, 1.807) is 25.2 Å². The Labute approximate surface area is 164 Å². The largest absolute Gasteiger partial charge is 0.336 e. The molecule has 1 aliphatic heterocycles. The van der Waals surface area contributed by atoms with Gasteiger partial charge in [-0.25, -0.2) is 8.42 Å². The lowest BCUT2D eigenvalue weighted by Gasteiger charge is -2.35. The van der Waals surface area contributed by atoms with Crippen LogP contribution in [0.15, 0.2) is 29.2 Å². The summed E-state index contributed by atoms with van der Waals surface area (Å²) in [5, 5.41) is 0. The number of hydrogen-bond donors (Lipinski definition) is 0. The van der Waals surface area contributed by atoms with Crippen LogP contribution in [0.5, 0.6) is 0 Å². The van der Waals surface area contributed by atoms with Gasteiger partial charge in [0.1, 0.15) is 0 Å². The number of sulfonamides is 1. The van der Waals surface area contributed by atoms with Gasteiger partial charge < -0.3 is 4.90 Å². The van der Waals surface area contributed by atoms with Crippen LogP contribution in [0.25, 0.3) is 0 Å². The second kappa shape index (κ2) is 9.17. The van der Waals surface area contributed by atoms with E-state index in [2.05, 4.69) is 18.7 Å². The highest BCUT2D eigenvalue weighted by atomic mass is 32.2. The monoisotopic (exact) mass is 395 g/mol. The maximum atomic E-state index is 12.9. The number of nitrogens with zero attached hydrogens (tertiary/aromatic N) is 3. The number of hydrogen-bond acceptors (Lipinski definition) is 4. The van der Waals surface area contributed by atoms with Crippen LogP contribution in [0.3, 0.4) is 0 Å². The molecule has 0 spiro atoms. The van der Waals surface area contributed by atoms with Crippen molar-refractivity contribution < 1.29 is 13.2 Å². The van der Waals surface area contributed by atoms with Gasteiger partial charge in [-0.05, 0) is 50.9 Å². The molecule has 0 atom stereocenters. The molecule has 2 rings (SSSR count). The molecule has 0 saturated carbocycles. The number of piperazine rings is 1. The first-order chi connectivity index (χ1) is 12.6. The van der Waals surface area contributed by atoms with Crippen LogP contribution < -0.4 is 0 Å². The molecule has 0 unspecified atom stereocenters. The summed E-state index contributed by atoms with van der Waals surface area (Å²) in [6.45, 7) is 12.2. The molecule has 1 saturated heterocycles. The molecule has 152 valence electrons. The Kier molecular flexibility index (Phi) is 7.42. The van der Waals surface area contributed by atoms with Crippen molar-refractivity contribution in [2.75, 3.05) is 39.8 Å². The van der Waals surface area contributed by atoms with E-state index in [0.29, 0.717) is 24.6 Å². The fourth-order valence-corrected chi connectivity index (χ4v) is 4.45. The molecule has 1 amide bonds. The third-order valence-corrected chi connectivity index (χ3v) is 7.20. The molecule has 7 heteroatoms. The molecule has 1 aromatic rings. The highest BCUT2D eigenvalue weighted by Crippen LogP contribution is 2.19. The molecule has 0 aliphatic carbocycles.